The lowest BCUT2D eigenvalue weighted by molar-refractivity contribution is -0.384. The van der Waals surface area contributed by atoms with E-state index in [4.69, 9.17) is 0 Å². The number of allylic oxidation sites excluding steroid dienone is 1. The van der Waals surface area contributed by atoms with Crippen molar-refractivity contribution in [3.05, 3.63) is 118 Å². The van der Waals surface area contributed by atoms with Crippen molar-refractivity contribution in [1.29, 1.82) is 0 Å². The van der Waals surface area contributed by atoms with Gasteiger partial charge in [-0.05, 0) is 17.2 Å². The summed E-state index contributed by atoms with van der Waals surface area (Å²) < 4.78 is 2.54. The number of non-ortho nitro benzene ring substituents is 1. The van der Waals surface area contributed by atoms with E-state index in [1.807, 2.05) is 65.2 Å². The molecule has 1 aromatic heterocycles. The summed E-state index contributed by atoms with van der Waals surface area (Å²) in [6, 6.07) is 23.7. The fraction of sp³-hybridized carbons (Fsp3) is 0.0833. The first kappa shape index (κ1) is 20.4. The molecule has 3 aromatic carbocycles. The number of fused-ring (bicyclic) bond motifs is 1. The summed E-state index contributed by atoms with van der Waals surface area (Å²) in [6.45, 7) is 4.22. The number of hydrogen-bond donors (Lipinski definition) is 0. The maximum atomic E-state index is 13.4. The lowest BCUT2D eigenvalue weighted by Crippen LogP contribution is -2.20. The average molecular weight is 430 g/mol. The van der Waals surface area contributed by atoms with E-state index in [9.17, 15) is 14.9 Å². The normalized spacial score (nSPS) is 11.7. The second-order valence-electron chi connectivity index (χ2n) is 6.90. The van der Waals surface area contributed by atoms with Gasteiger partial charge in [0.05, 0.1) is 21.1 Å². The second kappa shape index (κ2) is 8.89. The Labute approximate surface area is 182 Å². The highest BCUT2D eigenvalue weighted by molar-refractivity contribution is 7.16. The van der Waals surface area contributed by atoms with Crippen LogP contribution in [0.15, 0.2) is 96.5 Å². The molecule has 1 amide bonds. The molecule has 0 N–H and O–H groups in total. The third-order valence-corrected chi connectivity index (χ3v) is 5.95. The Morgan fingerprint density at radius 2 is 1.68 bits per heavy atom. The van der Waals surface area contributed by atoms with Crippen molar-refractivity contribution in [3.8, 4) is 0 Å². The van der Waals surface area contributed by atoms with Crippen molar-refractivity contribution in [3.63, 3.8) is 0 Å². The van der Waals surface area contributed by atoms with Crippen LogP contribution in [0.5, 0.6) is 0 Å². The van der Waals surface area contributed by atoms with Crippen LogP contribution in [-0.2, 0) is 11.3 Å². The van der Waals surface area contributed by atoms with Gasteiger partial charge in [-0.3, -0.25) is 14.9 Å². The van der Waals surface area contributed by atoms with Crippen molar-refractivity contribution in [2.24, 2.45) is 4.99 Å². The molecule has 7 heteroatoms. The first-order chi connectivity index (χ1) is 15.1. The Morgan fingerprint density at radius 3 is 2.23 bits per heavy atom. The highest BCUT2D eigenvalue weighted by atomic mass is 32.1. The number of nitrogens with zero attached hydrogens (tertiary/aromatic N) is 3. The Morgan fingerprint density at radius 1 is 1.06 bits per heavy atom. The van der Waals surface area contributed by atoms with Crippen LogP contribution in [0.1, 0.15) is 17.0 Å². The summed E-state index contributed by atoms with van der Waals surface area (Å²) in [5.41, 5.74) is 2.49. The van der Waals surface area contributed by atoms with Gasteiger partial charge >= 0.3 is 0 Å². The largest absolute Gasteiger partial charge is 0.312 e. The van der Waals surface area contributed by atoms with Gasteiger partial charge in [-0.25, -0.2) is 0 Å². The summed E-state index contributed by atoms with van der Waals surface area (Å²) >= 11 is 1.25. The van der Waals surface area contributed by atoms with E-state index in [1.165, 1.54) is 23.5 Å². The molecule has 154 valence electrons. The second-order valence-corrected chi connectivity index (χ2v) is 7.91. The minimum absolute atomic E-state index is 0.00354. The van der Waals surface area contributed by atoms with Gasteiger partial charge in [0.2, 0.25) is 0 Å². The molecule has 4 aromatic rings. The minimum Gasteiger partial charge on any atom is -0.312 e. The Bertz CT molecular complexity index is 1290. The lowest BCUT2D eigenvalue weighted by Gasteiger charge is -2.14. The van der Waals surface area contributed by atoms with Crippen LogP contribution in [0.25, 0.3) is 10.2 Å². The number of amides is 1. The highest BCUT2D eigenvalue weighted by Crippen LogP contribution is 2.27. The van der Waals surface area contributed by atoms with Gasteiger partial charge in [-0.15, -0.1) is 6.58 Å². The molecule has 0 saturated heterocycles. The molecule has 1 heterocycles. The van der Waals surface area contributed by atoms with E-state index >= 15 is 0 Å². The van der Waals surface area contributed by atoms with E-state index in [0.29, 0.717) is 16.0 Å². The molecule has 0 spiro atoms. The summed E-state index contributed by atoms with van der Waals surface area (Å²) in [7, 11) is 0. The molecule has 0 aliphatic heterocycles. The number of nitro benzene ring substituents is 1. The molecule has 0 aliphatic rings. The predicted octanol–water partition coefficient (Wildman–Crippen LogP) is 5.06. The number of carbonyl (C=O) groups is 1. The fourth-order valence-electron chi connectivity index (χ4n) is 3.49. The summed E-state index contributed by atoms with van der Waals surface area (Å²) in [6.07, 6.45) is 1.71. The van der Waals surface area contributed by atoms with Gasteiger partial charge < -0.3 is 4.57 Å². The van der Waals surface area contributed by atoms with E-state index in [0.717, 1.165) is 16.6 Å². The topological polar surface area (TPSA) is 77.5 Å². The number of thiazole rings is 1. The van der Waals surface area contributed by atoms with Crippen LogP contribution in [-0.4, -0.2) is 15.4 Å². The first-order valence-electron chi connectivity index (χ1n) is 9.65. The zero-order valence-corrected chi connectivity index (χ0v) is 17.4. The molecule has 0 unspecified atom stereocenters. The van der Waals surface area contributed by atoms with Gasteiger partial charge in [0.1, 0.15) is 0 Å². The van der Waals surface area contributed by atoms with Gasteiger partial charge in [-0.1, -0.05) is 78.1 Å². The number of nitro groups is 1. The highest BCUT2D eigenvalue weighted by Gasteiger charge is 2.23. The monoisotopic (exact) mass is 429 g/mol. The molecule has 4 rings (SSSR count). The number of carbonyl (C=O) groups excluding carboxylic acids is 1. The molecule has 0 atom stereocenters. The van der Waals surface area contributed by atoms with E-state index in [-0.39, 0.29) is 11.6 Å². The zero-order chi connectivity index (χ0) is 21.8. The van der Waals surface area contributed by atoms with Gasteiger partial charge in [0.15, 0.2) is 4.80 Å². The van der Waals surface area contributed by atoms with Crippen LogP contribution in [0, 0.1) is 10.1 Å². The van der Waals surface area contributed by atoms with Crippen LogP contribution in [0.2, 0.25) is 0 Å². The van der Waals surface area contributed by atoms with Crippen molar-refractivity contribution in [2.45, 2.75) is 12.5 Å². The number of benzene rings is 3. The molecule has 0 fully saturated rings. The molecule has 31 heavy (non-hydrogen) atoms. The lowest BCUT2D eigenvalue weighted by atomic mass is 9.91. The molecule has 0 radical (unpaired) electrons. The number of hydrogen-bond acceptors (Lipinski definition) is 4. The molecule has 0 aliphatic carbocycles. The maximum Gasteiger partial charge on any atom is 0.270 e. The van der Waals surface area contributed by atoms with E-state index in [2.05, 4.69) is 11.6 Å². The predicted molar refractivity (Wildman–Crippen MR) is 122 cm³/mol. The third kappa shape index (κ3) is 4.22. The average Bonchev–Trinajstić information content (AvgIpc) is 3.12. The van der Waals surface area contributed by atoms with Crippen LogP contribution < -0.4 is 4.80 Å². The van der Waals surface area contributed by atoms with Crippen molar-refractivity contribution in [2.75, 3.05) is 0 Å². The third-order valence-electron chi connectivity index (χ3n) is 4.91. The quantitative estimate of drug-likeness (QED) is 0.244. The van der Waals surface area contributed by atoms with Crippen LogP contribution in [0.4, 0.5) is 5.69 Å². The van der Waals surface area contributed by atoms with E-state index < -0.39 is 10.8 Å². The van der Waals surface area contributed by atoms with Crippen molar-refractivity contribution >= 4 is 33.1 Å². The van der Waals surface area contributed by atoms with Crippen molar-refractivity contribution < 1.29 is 9.72 Å². The summed E-state index contributed by atoms with van der Waals surface area (Å²) in [4.78, 5) is 29.1. The number of rotatable bonds is 6. The first-order valence-corrected chi connectivity index (χ1v) is 10.5. The zero-order valence-electron chi connectivity index (χ0n) is 16.5. The Kier molecular flexibility index (Phi) is 5.86. The molecular formula is C24H19N3O3S. The smallest absolute Gasteiger partial charge is 0.270 e. The molecule has 6 nitrogen and oxygen atoms in total. The van der Waals surface area contributed by atoms with Crippen LogP contribution >= 0.6 is 11.3 Å². The molecule has 0 saturated carbocycles. The number of aromatic nitrogens is 1. The van der Waals surface area contributed by atoms with Gasteiger partial charge in [0, 0.05) is 18.7 Å². The summed E-state index contributed by atoms with van der Waals surface area (Å²) in [5.74, 6) is -0.838. The Balaban J connectivity index is 1.87. The fourth-order valence-corrected chi connectivity index (χ4v) is 4.57. The van der Waals surface area contributed by atoms with Gasteiger partial charge in [-0.2, -0.15) is 4.99 Å². The van der Waals surface area contributed by atoms with Crippen molar-refractivity contribution in [1.82, 2.24) is 4.57 Å². The molecule has 0 bridgehead atoms. The Hall–Kier alpha value is -3.84. The summed E-state index contributed by atoms with van der Waals surface area (Å²) in [5, 5.41) is 11.2. The van der Waals surface area contributed by atoms with E-state index in [1.54, 1.807) is 12.1 Å². The minimum atomic E-state index is -0.542. The van der Waals surface area contributed by atoms with Gasteiger partial charge in [0.25, 0.3) is 11.6 Å². The standard InChI is InChI=1S/C24H19N3O3S/c1-2-15-26-20-14-13-19(27(29)30)16-21(20)31-24(26)25-23(28)22(17-9-5-3-6-10-17)18-11-7-4-8-12-18/h2-14,16,22H,1,15H2. The van der Waals surface area contributed by atoms with Crippen LogP contribution in [0.3, 0.4) is 0 Å². The SMILES string of the molecule is C=CCn1c(=NC(=O)C(c2ccccc2)c2ccccc2)sc2cc([N+](=O)[O-])ccc21. The molecular weight excluding hydrogens is 410 g/mol. The maximum absolute atomic E-state index is 13.4.